The average molecular weight is 358 g/mol. The minimum absolute atomic E-state index is 0.174. The molecule has 6 heteroatoms. The van der Waals surface area contributed by atoms with Crippen LogP contribution in [0.4, 0.5) is 0 Å². The first-order valence-electron chi connectivity index (χ1n) is 6.57. The Hall–Kier alpha value is -0.910. The molecule has 1 aromatic heterocycles. The molecule has 2 aromatic rings. The van der Waals surface area contributed by atoms with Gasteiger partial charge in [-0.2, -0.15) is 0 Å². The van der Waals surface area contributed by atoms with Crippen LogP contribution in [0.15, 0.2) is 16.6 Å². The number of nitrogens with one attached hydrogen (secondary N) is 1. The molecule has 1 unspecified atom stereocenters. The number of hydrogen-bond acceptors (Lipinski definition) is 3. The lowest BCUT2D eigenvalue weighted by Gasteiger charge is -2.12. The zero-order valence-electron chi connectivity index (χ0n) is 12.0. The van der Waals surface area contributed by atoms with E-state index in [0.29, 0.717) is 0 Å². The number of aromatic nitrogens is 3. The molecule has 2 rings (SSSR count). The normalized spacial score (nSPS) is 12.7. The van der Waals surface area contributed by atoms with Gasteiger partial charge in [-0.15, -0.1) is 5.10 Å². The van der Waals surface area contributed by atoms with E-state index < -0.39 is 0 Å². The first-order valence-corrected chi connectivity index (χ1v) is 7.74. The second-order valence-corrected chi connectivity index (χ2v) is 6.07. The largest absolute Gasteiger partial charge is 0.309 e. The summed E-state index contributed by atoms with van der Waals surface area (Å²) in [6.45, 7) is 9.05. The van der Waals surface area contributed by atoms with Gasteiger partial charge in [0.15, 0.2) is 0 Å². The summed E-state index contributed by atoms with van der Waals surface area (Å²) in [5.41, 5.74) is 3.90. The number of rotatable bonds is 4. The van der Waals surface area contributed by atoms with Crippen molar-refractivity contribution in [1.82, 2.24) is 20.3 Å². The van der Waals surface area contributed by atoms with Crippen LogP contribution in [0.3, 0.4) is 0 Å². The highest BCUT2D eigenvalue weighted by molar-refractivity contribution is 9.10. The summed E-state index contributed by atoms with van der Waals surface area (Å²) in [7, 11) is 0. The van der Waals surface area contributed by atoms with Gasteiger partial charge in [-0.25, -0.2) is 4.68 Å². The minimum atomic E-state index is 0.174. The third-order valence-electron chi connectivity index (χ3n) is 3.31. The number of benzene rings is 1. The molecular weight excluding hydrogens is 340 g/mol. The summed E-state index contributed by atoms with van der Waals surface area (Å²) in [5, 5.41) is 12.6. The van der Waals surface area contributed by atoms with Gasteiger partial charge in [0.05, 0.1) is 17.4 Å². The van der Waals surface area contributed by atoms with Crippen LogP contribution in [0.1, 0.15) is 36.8 Å². The molecule has 108 valence electrons. The van der Waals surface area contributed by atoms with E-state index in [1.165, 1.54) is 0 Å². The zero-order valence-corrected chi connectivity index (χ0v) is 14.4. The summed E-state index contributed by atoms with van der Waals surface area (Å²) in [5.74, 6) is 0. The first kappa shape index (κ1) is 15.5. The molecule has 0 saturated carbocycles. The Morgan fingerprint density at radius 1 is 1.40 bits per heavy atom. The molecule has 1 N–H and O–H groups in total. The van der Waals surface area contributed by atoms with Gasteiger partial charge in [0.1, 0.15) is 5.69 Å². The zero-order chi connectivity index (χ0) is 14.9. The van der Waals surface area contributed by atoms with Crippen molar-refractivity contribution in [2.24, 2.45) is 0 Å². The Kier molecular flexibility index (Phi) is 4.83. The smallest absolute Gasteiger partial charge is 0.103 e. The fourth-order valence-corrected chi connectivity index (χ4v) is 2.95. The Balaban J connectivity index is 2.47. The van der Waals surface area contributed by atoms with Crippen LogP contribution in [0.25, 0.3) is 5.69 Å². The predicted molar refractivity (Wildman–Crippen MR) is 85.6 cm³/mol. The van der Waals surface area contributed by atoms with Crippen molar-refractivity contribution in [3.05, 3.63) is 38.6 Å². The van der Waals surface area contributed by atoms with Crippen LogP contribution < -0.4 is 5.32 Å². The Bertz CT molecular complexity index is 624. The average Bonchev–Trinajstić information content (AvgIpc) is 2.76. The van der Waals surface area contributed by atoms with Gasteiger partial charge >= 0.3 is 0 Å². The van der Waals surface area contributed by atoms with Crippen molar-refractivity contribution in [2.75, 3.05) is 6.54 Å². The quantitative estimate of drug-likeness (QED) is 0.900. The van der Waals surface area contributed by atoms with Crippen LogP contribution in [-0.2, 0) is 0 Å². The number of nitrogens with zero attached hydrogens (tertiary/aromatic N) is 3. The third kappa shape index (κ3) is 2.90. The molecule has 1 aromatic carbocycles. The van der Waals surface area contributed by atoms with E-state index in [2.05, 4.69) is 45.4 Å². The predicted octanol–water partition coefficient (Wildman–Crippen LogP) is 3.97. The van der Waals surface area contributed by atoms with Crippen LogP contribution in [0.5, 0.6) is 0 Å². The SMILES string of the molecule is CCNC(C)c1nnn(-c2cc(Cl)c(C)cc2Br)c1C. The van der Waals surface area contributed by atoms with E-state index in [9.17, 15) is 0 Å². The van der Waals surface area contributed by atoms with E-state index in [-0.39, 0.29) is 6.04 Å². The molecule has 0 saturated heterocycles. The van der Waals surface area contributed by atoms with Gasteiger partial charge in [0.2, 0.25) is 0 Å². The highest BCUT2D eigenvalue weighted by atomic mass is 79.9. The van der Waals surface area contributed by atoms with Gasteiger partial charge < -0.3 is 5.32 Å². The highest BCUT2D eigenvalue weighted by Crippen LogP contribution is 2.29. The third-order valence-corrected chi connectivity index (χ3v) is 4.35. The number of hydrogen-bond donors (Lipinski definition) is 1. The van der Waals surface area contributed by atoms with Crippen LogP contribution in [0.2, 0.25) is 5.02 Å². The van der Waals surface area contributed by atoms with Crippen LogP contribution in [0, 0.1) is 13.8 Å². The Morgan fingerprint density at radius 3 is 2.75 bits per heavy atom. The second-order valence-electron chi connectivity index (χ2n) is 4.80. The maximum Gasteiger partial charge on any atom is 0.103 e. The van der Waals surface area contributed by atoms with E-state index in [1.54, 1.807) is 0 Å². The molecule has 4 nitrogen and oxygen atoms in total. The molecule has 0 aliphatic carbocycles. The van der Waals surface area contributed by atoms with Crippen molar-refractivity contribution in [3.8, 4) is 5.69 Å². The number of aryl methyl sites for hydroxylation is 1. The van der Waals surface area contributed by atoms with Crippen LogP contribution >= 0.6 is 27.5 Å². The van der Waals surface area contributed by atoms with Gasteiger partial charge in [0.25, 0.3) is 0 Å². The fraction of sp³-hybridized carbons (Fsp3) is 0.429. The summed E-state index contributed by atoms with van der Waals surface area (Å²) in [6.07, 6.45) is 0. The lowest BCUT2D eigenvalue weighted by atomic mass is 10.2. The molecule has 0 bridgehead atoms. The van der Waals surface area contributed by atoms with Crippen molar-refractivity contribution in [1.29, 1.82) is 0 Å². The van der Waals surface area contributed by atoms with Gasteiger partial charge in [-0.1, -0.05) is 23.7 Å². The first-order chi connectivity index (χ1) is 9.45. The molecule has 0 fully saturated rings. The van der Waals surface area contributed by atoms with Crippen LogP contribution in [-0.4, -0.2) is 21.5 Å². The lowest BCUT2D eigenvalue weighted by Crippen LogP contribution is -2.19. The molecule has 20 heavy (non-hydrogen) atoms. The van der Waals surface area contributed by atoms with Crippen molar-refractivity contribution in [2.45, 2.75) is 33.7 Å². The maximum absolute atomic E-state index is 6.21. The molecule has 0 aliphatic rings. The van der Waals surface area contributed by atoms with Gasteiger partial charge in [-0.05, 0) is 60.9 Å². The van der Waals surface area contributed by atoms with Gasteiger partial charge in [0, 0.05) is 9.50 Å². The highest BCUT2D eigenvalue weighted by Gasteiger charge is 2.17. The molecule has 1 heterocycles. The summed E-state index contributed by atoms with van der Waals surface area (Å²) < 4.78 is 2.77. The molecule has 0 spiro atoms. The summed E-state index contributed by atoms with van der Waals surface area (Å²) in [4.78, 5) is 0. The van der Waals surface area contributed by atoms with Crippen molar-refractivity contribution >= 4 is 27.5 Å². The summed E-state index contributed by atoms with van der Waals surface area (Å²) >= 11 is 9.78. The van der Waals surface area contributed by atoms with E-state index in [0.717, 1.165) is 38.7 Å². The van der Waals surface area contributed by atoms with E-state index >= 15 is 0 Å². The minimum Gasteiger partial charge on any atom is -0.309 e. The molecule has 1 atom stereocenters. The molecular formula is C14H18BrClN4. The Labute approximate surface area is 132 Å². The standard InChI is InChI=1S/C14H18BrClN4/c1-5-17-9(3)14-10(4)20(19-18-14)13-7-12(16)8(2)6-11(13)15/h6-7,9,17H,5H2,1-4H3. The molecule has 0 amide bonds. The Morgan fingerprint density at radius 2 is 2.10 bits per heavy atom. The molecule has 0 radical (unpaired) electrons. The van der Waals surface area contributed by atoms with Crippen molar-refractivity contribution in [3.63, 3.8) is 0 Å². The lowest BCUT2D eigenvalue weighted by molar-refractivity contribution is 0.579. The monoisotopic (exact) mass is 356 g/mol. The second kappa shape index (κ2) is 6.24. The van der Waals surface area contributed by atoms with Crippen molar-refractivity contribution < 1.29 is 0 Å². The number of halogens is 2. The van der Waals surface area contributed by atoms with E-state index in [4.69, 9.17) is 11.6 Å². The fourth-order valence-electron chi connectivity index (χ4n) is 2.17. The maximum atomic E-state index is 6.21. The van der Waals surface area contributed by atoms with E-state index in [1.807, 2.05) is 30.7 Å². The van der Waals surface area contributed by atoms with Gasteiger partial charge in [-0.3, -0.25) is 0 Å². The summed E-state index contributed by atoms with van der Waals surface area (Å²) in [6, 6.07) is 4.07. The topological polar surface area (TPSA) is 42.7 Å². The molecule has 0 aliphatic heterocycles.